The quantitative estimate of drug-likeness (QED) is 0.0261. The van der Waals surface area contributed by atoms with Crippen molar-refractivity contribution in [3.63, 3.8) is 0 Å². The van der Waals surface area contributed by atoms with Crippen LogP contribution in [-0.4, -0.2) is 37.2 Å². The number of hydrogen-bond acceptors (Lipinski definition) is 6. The summed E-state index contributed by atoms with van der Waals surface area (Å²) in [4.78, 5) is 38.3. The molecule has 0 radical (unpaired) electrons. The van der Waals surface area contributed by atoms with E-state index in [-0.39, 0.29) is 31.1 Å². The van der Waals surface area contributed by atoms with Crippen LogP contribution in [-0.2, 0) is 28.6 Å². The first-order valence-electron chi connectivity index (χ1n) is 34.3. The zero-order valence-corrected chi connectivity index (χ0v) is 51.6. The Morgan fingerprint density at radius 1 is 0.263 bits per heavy atom. The van der Waals surface area contributed by atoms with Crippen LogP contribution >= 0.6 is 0 Å². The van der Waals surface area contributed by atoms with Crippen molar-refractivity contribution < 1.29 is 28.6 Å². The van der Waals surface area contributed by atoms with Crippen LogP contribution in [0.4, 0.5) is 0 Å². The molecule has 0 N–H and O–H groups in total. The molecule has 0 heterocycles. The molecule has 0 rings (SSSR count). The summed E-state index contributed by atoms with van der Waals surface area (Å²) in [5, 5.41) is 0. The van der Waals surface area contributed by atoms with Gasteiger partial charge in [0, 0.05) is 19.3 Å². The first-order chi connectivity index (χ1) is 37.5. The van der Waals surface area contributed by atoms with Crippen molar-refractivity contribution >= 4 is 17.9 Å². The first kappa shape index (κ1) is 73.9. The molecule has 0 bridgehead atoms. The molecule has 0 aliphatic carbocycles. The Balaban J connectivity index is 4.17. The molecule has 0 saturated carbocycles. The van der Waals surface area contributed by atoms with E-state index in [0.29, 0.717) is 19.3 Å². The zero-order chi connectivity index (χ0) is 55.0. The first-order valence-corrected chi connectivity index (χ1v) is 34.3. The van der Waals surface area contributed by atoms with Crippen LogP contribution < -0.4 is 0 Å². The average molecular weight is 1070 g/mol. The number of carbonyl (C=O) groups excluding carboxylic acids is 3. The van der Waals surface area contributed by atoms with Gasteiger partial charge in [-0.2, -0.15) is 0 Å². The van der Waals surface area contributed by atoms with Crippen molar-refractivity contribution in [1.82, 2.24) is 0 Å². The number of carbonyl (C=O) groups is 3. The van der Waals surface area contributed by atoms with Crippen molar-refractivity contribution in [2.45, 2.75) is 393 Å². The minimum atomic E-state index is -0.773. The van der Waals surface area contributed by atoms with Gasteiger partial charge in [-0.05, 0) is 44.9 Å². The van der Waals surface area contributed by atoms with Crippen LogP contribution in [0.5, 0.6) is 0 Å². The van der Waals surface area contributed by atoms with E-state index in [1.165, 1.54) is 270 Å². The third-order valence-electron chi connectivity index (χ3n) is 15.7. The van der Waals surface area contributed by atoms with Crippen LogP contribution in [0.15, 0.2) is 24.3 Å². The summed E-state index contributed by atoms with van der Waals surface area (Å²) >= 11 is 0. The molecule has 0 aromatic carbocycles. The summed E-state index contributed by atoms with van der Waals surface area (Å²) < 4.78 is 17.0. The number of unbranched alkanes of at least 4 members (excludes halogenated alkanes) is 49. The number of ether oxygens (including phenoxy) is 3. The second-order valence-electron chi connectivity index (χ2n) is 23.5. The summed E-state index contributed by atoms with van der Waals surface area (Å²) in [5.74, 6) is -0.854. The van der Waals surface area contributed by atoms with E-state index in [2.05, 4.69) is 45.1 Å². The van der Waals surface area contributed by atoms with Crippen LogP contribution in [0.1, 0.15) is 387 Å². The lowest BCUT2D eigenvalue weighted by molar-refractivity contribution is -0.167. The fourth-order valence-corrected chi connectivity index (χ4v) is 10.5. The molecule has 0 aliphatic heterocycles. The number of hydrogen-bond donors (Lipinski definition) is 0. The molecule has 76 heavy (non-hydrogen) atoms. The van der Waals surface area contributed by atoms with E-state index in [1.54, 1.807) is 0 Å². The molecular weight excluding hydrogens is 937 g/mol. The predicted octanol–water partition coefficient (Wildman–Crippen LogP) is 23.4. The highest BCUT2D eigenvalue weighted by atomic mass is 16.6. The van der Waals surface area contributed by atoms with Crippen LogP contribution in [0.25, 0.3) is 0 Å². The second-order valence-corrected chi connectivity index (χ2v) is 23.5. The Labute approximate surface area is 474 Å². The predicted molar refractivity (Wildman–Crippen MR) is 330 cm³/mol. The van der Waals surface area contributed by atoms with Gasteiger partial charge in [-0.15, -0.1) is 0 Å². The van der Waals surface area contributed by atoms with Gasteiger partial charge in [-0.1, -0.05) is 347 Å². The standard InChI is InChI=1S/C70H132O6/c1-4-7-10-13-16-19-22-25-28-30-31-32-33-34-35-36-37-38-39-40-41-43-45-48-51-54-57-60-63-69(72)75-66-67(65-74-68(71)62-59-56-53-50-47-44-27-24-21-18-15-12-9-6-3)76-70(73)64-61-58-55-52-49-46-42-29-26-23-20-17-14-11-8-5-2/h15,18,24,27,67H,4-14,16-17,19-23,25-26,28-66H2,1-3H3/b18-15-,27-24-. The molecule has 0 aromatic heterocycles. The highest BCUT2D eigenvalue weighted by molar-refractivity contribution is 5.71. The maximum absolute atomic E-state index is 12.9. The smallest absolute Gasteiger partial charge is 0.306 e. The molecule has 1 atom stereocenters. The zero-order valence-electron chi connectivity index (χ0n) is 51.6. The highest BCUT2D eigenvalue weighted by Gasteiger charge is 2.19. The summed E-state index contributed by atoms with van der Waals surface area (Å²) in [6, 6.07) is 0. The molecule has 448 valence electrons. The molecule has 0 aromatic rings. The van der Waals surface area contributed by atoms with E-state index in [9.17, 15) is 14.4 Å². The van der Waals surface area contributed by atoms with Gasteiger partial charge in [-0.3, -0.25) is 14.4 Å². The van der Waals surface area contributed by atoms with Gasteiger partial charge in [0.25, 0.3) is 0 Å². The normalized spacial score (nSPS) is 12.1. The minimum absolute atomic E-state index is 0.0695. The van der Waals surface area contributed by atoms with E-state index < -0.39 is 6.10 Å². The Kier molecular flexibility index (Phi) is 63.6. The van der Waals surface area contributed by atoms with Crippen molar-refractivity contribution in [1.29, 1.82) is 0 Å². The molecule has 0 saturated heterocycles. The molecule has 6 heteroatoms. The number of rotatable bonds is 64. The lowest BCUT2D eigenvalue weighted by atomic mass is 10.0. The third kappa shape index (κ3) is 62.7. The van der Waals surface area contributed by atoms with E-state index in [0.717, 1.165) is 77.0 Å². The SMILES string of the molecule is CCCC/C=C\C/C=C\CCCCCCCC(=O)OCC(COC(=O)CCCCCCCCCCCCCCCCCCCCCCCCCCCCCC)OC(=O)CCCCCCCCCCCCCCCCCC. The van der Waals surface area contributed by atoms with Crippen molar-refractivity contribution in [3.05, 3.63) is 24.3 Å². The van der Waals surface area contributed by atoms with Crippen LogP contribution in [0.2, 0.25) is 0 Å². The minimum Gasteiger partial charge on any atom is -0.462 e. The lowest BCUT2D eigenvalue weighted by Crippen LogP contribution is -2.30. The maximum Gasteiger partial charge on any atom is 0.306 e. The van der Waals surface area contributed by atoms with Gasteiger partial charge < -0.3 is 14.2 Å². The Bertz CT molecular complexity index is 1230. The van der Waals surface area contributed by atoms with Crippen LogP contribution in [0, 0.1) is 0 Å². The van der Waals surface area contributed by atoms with Gasteiger partial charge in [-0.25, -0.2) is 0 Å². The third-order valence-corrected chi connectivity index (χ3v) is 15.7. The van der Waals surface area contributed by atoms with Crippen molar-refractivity contribution in [2.24, 2.45) is 0 Å². The fourth-order valence-electron chi connectivity index (χ4n) is 10.5. The summed E-state index contributed by atoms with van der Waals surface area (Å²) in [6.07, 6.45) is 79.2. The van der Waals surface area contributed by atoms with Crippen LogP contribution in [0.3, 0.4) is 0 Å². The van der Waals surface area contributed by atoms with Gasteiger partial charge >= 0.3 is 17.9 Å². The van der Waals surface area contributed by atoms with Gasteiger partial charge in [0.05, 0.1) is 0 Å². The number of esters is 3. The Hall–Kier alpha value is -2.11. The molecular formula is C70H132O6. The average Bonchev–Trinajstić information content (AvgIpc) is 3.42. The van der Waals surface area contributed by atoms with Gasteiger partial charge in [0.2, 0.25) is 0 Å². The summed E-state index contributed by atoms with van der Waals surface area (Å²) in [6.45, 7) is 6.67. The maximum atomic E-state index is 12.9. The van der Waals surface area contributed by atoms with E-state index >= 15 is 0 Å². The van der Waals surface area contributed by atoms with E-state index in [4.69, 9.17) is 14.2 Å². The van der Waals surface area contributed by atoms with Crippen molar-refractivity contribution in [2.75, 3.05) is 13.2 Å². The molecule has 6 nitrogen and oxygen atoms in total. The summed E-state index contributed by atoms with van der Waals surface area (Å²) in [5.41, 5.74) is 0. The van der Waals surface area contributed by atoms with Gasteiger partial charge in [0.1, 0.15) is 13.2 Å². The molecule has 0 amide bonds. The van der Waals surface area contributed by atoms with Gasteiger partial charge in [0.15, 0.2) is 6.10 Å². The molecule has 0 spiro atoms. The summed E-state index contributed by atoms with van der Waals surface area (Å²) in [7, 11) is 0. The number of allylic oxidation sites excluding steroid dienone is 4. The highest BCUT2D eigenvalue weighted by Crippen LogP contribution is 2.19. The second kappa shape index (κ2) is 65.4. The lowest BCUT2D eigenvalue weighted by Gasteiger charge is -2.18. The fraction of sp³-hybridized carbons (Fsp3) is 0.900. The van der Waals surface area contributed by atoms with E-state index in [1.807, 2.05) is 0 Å². The largest absolute Gasteiger partial charge is 0.462 e. The molecule has 0 aliphatic rings. The monoisotopic (exact) mass is 1070 g/mol. The topological polar surface area (TPSA) is 78.9 Å². The Morgan fingerprint density at radius 3 is 0.763 bits per heavy atom. The molecule has 1 unspecified atom stereocenters. The molecule has 0 fully saturated rings. The Morgan fingerprint density at radius 2 is 0.487 bits per heavy atom. The van der Waals surface area contributed by atoms with Crippen molar-refractivity contribution in [3.8, 4) is 0 Å².